The normalized spacial score (nSPS) is 25.5. The molecule has 1 heterocycles. The monoisotopic (exact) mass is 380 g/mol. The molecule has 1 aromatic carbocycles. The van der Waals surface area contributed by atoms with Crippen molar-refractivity contribution in [1.29, 1.82) is 0 Å². The van der Waals surface area contributed by atoms with E-state index in [1.807, 2.05) is 27.7 Å². The minimum atomic E-state index is -0.799. The lowest BCUT2D eigenvalue weighted by Crippen LogP contribution is -2.41. The van der Waals surface area contributed by atoms with Gasteiger partial charge >= 0.3 is 13.1 Å². The van der Waals surface area contributed by atoms with Gasteiger partial charge in [0.2, 0.25) is 0 Å². The van der Waals surface area contributed by atoms with Crippen molar-refractivity contribution in [2.24, 2.45) is 5.92 Å². The molecule has 148 valence electrons. The number of rotatable bonds is 6. The largest absolute Gasteiger partial charge is 0.495 e. The summed E-state index contributed by atoms with van der Waals surface area (Å²) in [5.41, 5.74) is -0.698. The van der Waals surface area contributed by atoms with Crippen molar-refractivity contribution < 1.29 is 27.6 Å². The predicted molar refractivity (Wildman–Crippen MR) is 98.8 cm³/mol. The third-order valence-electron chi connectivity index (χ3n) is 5.94. The molecule has 1 aliphatic heterocycles. The van der Waals surface area contributed by atoms with E-state index < -0.39 is 30.0 Å². The van der Waals surface area contributed by atoms with Crippen LogP contribution in [0.3, 0.4) is 0 Å². The molecule has 0 bridgehead atoms. The molecular formula is C20H27BF2O4. The number of carbonyl (C=O) groups excluding carboxylic acids is 1. The van der Waals surface area contributed by atoms with Crippen molar-refractivity contribution in [3.8, 4) is 0 Å². The van der Waals surface area contributed by atoms with Gasteiger partial charge in [-0.15, -0.1) is 0 Å². The van der Waals surface area contributed by atoms with Crippen LogP contribution in [-0.2, 0) is 18.8 Å². The molecule has 7 heteroatoms. The van der Waals surface area contributed by atoms with Gasteiger partial charge in [0.15, 0.2) is 0 Å². The van der Waals surface area contributed by atoms with Crippen LogP contribution < -0.4 is 5.46 Å². The number of hydrogen-bond donors (Lipinski definition) is 0. The topological polar surface area (TPSA) is 44.8 Å². The highest BCUT2D eigenvalue weighted by Gasteiger charge is 2.52. The third kappa shape index (κ3) is 4.04. The number of benzene rings is 1. The first-order valence-corrected chi connectivity index (χ1v) is 9.56. The van der Waals surface area contributed by atoms with Gasteiger partial charge in [-0.05, 0) is 76.9 Å². The first-order chi connectivity index (χ1) is 12.6. The van der Waals surface area contributed by atoms with Crippen molar-refractivity contribution in [1.82, 2.24) is 0 Å². The lowest BCUT2D eigenvalue weighted by Gasteiger charge is -2.32. The average Bonchev–Trinajstić information content (AvgIpc) is 3.25. The van der Waals surface area contributed by atoms with E-state index in [4.69, 9.17) is 14.0 Å². The van der Waals surface area contributed by atoms with E-state index in [0.29, 0.717) is 24.9 Å². The SMILES string of the molecule is CCOC(=O)CCC1CC1c1c(F)cc(B2OC(C)(C)C(C)(C)O2)cc1F. The maximum absolute atomic E-state index is 14.7. The van der Waals surface area contributed by atoms with Gasteiger partial charge in [0, 0.05) is 12.0 Å². The molecule has 2 fully saturated rings. The number of halogens is 2. The smallest absolute Gasteiger partial charge is 0.466 e. The summed E-state index contributed by atoms with van der Waals surface area (Å²) >= 11 is 0. The highest BCUT2D eigenvalue weighted by atomic mass is 19.1. The fourth-order valence-corrected chi connectivity index (χ4v) is 3.53. The van der Waals surface area contributed by atoms with Gasteiger partial charge < -0.3 is 14.0 Å². The van der Waals surface area contributed by atoms with E-state index in [9.17, 15) is 13.6 Å². The second kappa shape index (κ2) is 7.17. The van der Waals surface area contributed by atoms with Gasteiger partial charge in [-0.25, -0.2) is 8.78 Å². The Morgan fingerprint density at radius 3 is 2.26 bits per heavy atom. The summed E-state index contributed by atoms with van der Waals surface area (Å²) in [7, 11) is -0.799. The predicted octanol–water partition coefficient (Wildman–Crippen LogP) is 3.71. The van der Waals surface area contributed by atoms with E-state index in [-0.39, 0.29) is 29.8 Å². The quantitative estimate of drug-likeness (QED) is 0.558. The second-order valence-electron chi connectivity index (χ2n) is 8.43. The Balaban J connectivity index is 1.69. The Hall–Kier alpha value is -1.47. The summed E-state index contributed by atoms with van der Waals surface area (Å²) in [6, 6.07) is 2.61. The zero-order valence-electron chi connectivity index (χ0n) is 16.6. The Morgan fingerprint density at radius 1 is 1.19 bits per heavy atom. The van der Waals surface area contributed by atoms with Crippen LogP contribution >= 0.6 is 0 Å². The van der Waals surface area contributed by atoms with Gasteiger partial charge in [-0.3, -0.25) is 4.79 Å². The molecule has 0 amide bonds. The molecule has 1 aromatic rings. The highest BCUT2D eigenvalue weighted by molar-refractivity contribution is 6.62. The number of hydrogen-bond acceptors (Lipinski definition) is 4. The summed E-state index contributed by atoms with van der Waals surface area (Å²) in [4.78, 5) is 11.5. The average molecular weight is 380 g/mol. The molecule has 2 atom stereocenters. The van der Waals surface area contributed by atoms with E-state index >= 15 is 0 Å². The minimum Gasteiger partial charge on any atom is -0.466 e. The zero-order valence-corrected chi connectivity index (χ0v) is 16.6. The van der Waals surface area contributed by atoms with Gasteiger partial charge in [-0.2, -0.15) is 0 Å². The Kier molecular flexibility index (Phi) is 5.38. The molecule has 0 N–H and O–H groups in total. The second-order valence-corrected chi connectivity index (χ2v) is 8.43. The molecule has 2 unspecified atom stereocenters. The van der Waals surface area contributed by atoms with E-state index in [1.165, 1.54) is 12.1 Å². The summed E-state index contributed by atoms with van der Waals surface area (Å²) in [6.45, 7) is 9.68. The Labute approximate surface area is 159 Å². The van der Waals surface area contributed by atoms with Crippen LogP contribution in [0, 0.1) is 17.6 Å². The van der Waals surface area contributed by atoms with E-state index in [0.717, 1.165) is 0 Å². The van der Waals surface area contributed by atoms with E-state index in [1.54, 1.807) is 6.92 Å². The fourth-order valence-electron chi connectivity index (χ4n) is 3.53. The van der Waals surface area contributed by atoms with Crippen LogP contribution in [0.2, 0.25) is 0 Å². The van der Waals surface area contributed by atoms with Crippen molar-refractivity contribution in [2.75, 3.05) is 6.61 Å². The standard InChI is InChI=1S/C20H27BF2O4/c1-6-25-17(24)8-7-12-9-14(12)18-15(22)10-13(11-16(18)23)21-26-19(2,3)20(4,5)27-21/h10-12,14H,6-9H2,1-5H3. The van der Waals surface area contributed by atoms with Crippen LogP contribution in [0.1, 0.15) is 65.4 Å². The summed E-state index contributed by atoms with van der Waals surface area (Å²) in [5, 5.41) is 0. The highest BCUT2D eigenvalue weighted by Crippen LogP contribution is 2.51. The molecule has 0 spiro atoms. The van der Waals surface area contributed by atoms with Crippen LogP contribution in [0.5, 0.6) is 0 Å². The number of ether oxygens (including phenoxy) is 1. The van der Waals surface area contributed by atoms with Crippen molar-refractivity contribution in [2.45, 2.75) is 71.0 Å². The van der Waals surface area contributed by atoms with Crippen molar-refractivity contribution in [3.63, 3.8) is 0 Å². The van der Waals surface area contributed by atoms with Gasteiger partial charge in [0.25, 0.3) is 0 Å². The molecule has 2 aliphatic rings. The summed E-state index contributed by atoms with van der Waals surface area (Å²) in [5.74, 6) is -1.50. The molecular weight excluding hydrogens is 353 g/mol. The summed E-state index contributed by atoms with van der Waals surface area (Å²) < 4.78 is 46.0. The minimum absolute atomic E-state index is 0.101. The van der Waals surface area contributed by atoms with Gasteiger partial charge in [0.05, 0.1) is 17.8 Å². The Morgan fingerprint density at radius 2 is 1.74 bits per heavy atom. The maximum Gasteiger partial charge on any atom is 0.495 e. The lowest BCUT2D eigenvalue weighted by atomic mass is 9.78. The van der Waals surface area contributed by atoms with Crippen LogP contribution in [0.4, 0.5) is 8.78 Å². The van der Waals surface area contributed by atoms with Crippen molar-refractivity contribution >= 4 is 18.6 Å². The molecule has 1 saturated heterocycles. The molecule has 3 rings (SSSR count). The molecule has 4 nitrogen and oxygen atoms in total. The molecule has 0 aromatic heterocycles. The lowest BCUT2D eigenvalue weighted by molar-refractivity contribution is -0.143. The molecule has 1 saturated carbocycles. The summed E-state index contributed by atoms with van der Waals surface area (Å²) in [6.07, 6.45) is 1.55. The molecule has 1 aliphatic carbocycles. The van der Waals surface area contributed by atoms with Crippen molar-refractivity contribution in [3.05, 3.63) is 29.3 Å². The first kappa shape index (κ1) is 20.3. The zero-order chi connectivity index (χ0) is 20.0. The third-order valence-corrected chi connectivity index (χ3v) is 5.94. The molecule has 27 heavy (non-hydrogen) atoms. The maximum atomic E-state index is 14.7. The van der Waals surface area contributed by atoms with Gasteiger partial charge in [0.1, 0.15) is 11.6 Å². The van der Waals surface area contributed by atoms with Crippen LogP contribution in [-0.4, -0.2) is 30.9 Å². The van der Waals surface area contributed by atoms with Crippen LogP contribution in [0.15, 0.2) is 12.1 Å². The van der Waals surface area contributed by atoms with E-state index in [2.05, 4.69) is 0 Å². The number of esters is 1. The number of carbonyl (C=O) groups is 1. The molecule has 0 radical (unpaired) electrons. The van der Waals surface area contributed by atoms with Crippen LogP contribution in [0.25, 0.3) is 0 Å². The van der Waals surface area contributed by atoms with Gasteiger partial charge in [-0.1, -0.05) is 0 Å². The Bertz CT molecular complexity index is 696. The fraction of sp³-hybridized carbons (Fsp3) is 0.650. The first-order valence-electron chi connectivity index (χ1n) is 9.56.